The fourth-order valence-corrected chi connectivity index (χ4v) is 3.05. The summed E-state index contributed by atoms with van der Waals surface area (Å²) in [7, 11) is 0. The van der Waals surface area contributed by atoms with E-state index in [-0.39, 0.29) is 11.4 Å². The number of nitrogens with zero attached hydrogens (tertiary/aromatic N) is 2. The zero-order valence-electron chi connectivity index (χ0n) is 11.2. The van der Waals surface area contributed by atoms with E-state index in [2.05, 4.69) is 15.4 Å². The molecule has 21 heavy (non-hydrogen) atoms. The molecule has 0 radical (unpaired) electrons. The largest absolute Gasteiger partial charge is 0.308 e. The topological polar surface area (TPSA) is 63.8 Å². The SMILES string of the molecule is CCc1cc2c(NN)nc(-c3c(F)cccc3F)nc2s1. The van der Waals surface area contributed by atoms with Crippen molar-refractivity contribution in [1.82, 2.24) is 9.97 Å². The van der Waals surface area contributed by atoms with Crippen LogP contribution in [0.3, 0.4) is 0 Å². The number of nitrogens with one attached hydrogen (secondary N) is 1. The minimum absolute atomic E-state index is 0.0180. The molecule has 3 aromatic rings. The Hall–Kier alpha value is -2.12. The summed E-state index contributed by atoms with van der Waals surface area (Å²) in [6.45, 7) is 2.02. The molecule has 0 spiro atoms. The summed E-state index contributed by atoms with van der Waals surface area (Å²) in [5, 5.41) is 0.750. The van der Waals surface area contributed by atoms with Gasteiger partial charge in [-0.25, -0.2) is 24.6 Å². The lowest BCUT2D eigenvalue weighted by atomic mass is 10.2. The van der Waals surface area contributed by atoms with Gasteiger partial charge in [-0.3, -0.25) is 0 Å². The van der Waals surface area contributed by atoms with Crippen molar-refractivity contribution < 1.29 is 8.78 Å². The van der Waals surface area contributed by atoms with E-state index in [0.717, 1.165) is 16.7 Å². The Labute approximate surface area is 123 Å². The van der Waals surface area contributed by atoms with Crippen LogP contribution in [0.25, 0.3) is 21.6 Å². The maximum atomic E-state index is 13.9. The van der Waals surface area contributed by atoms with Gasteiger partial charge in [0.1, 0.15) is 16.5 Å². The number of nitrogen functional groups attached to an aromatic ring is 1. The molecule has 0 aliphatic carbocycles. The third kappa shape index (κ3) is 2.34. The number of nitrogens with two attached hydrogens (primary N) is 1. The quantitative estimate of drug-likeness (QED) is 0.574. The Kier molecular flexibility index (Phi) is 3.52. The molecule has 7 heteroatoms. The van der Waals surface area contributed by atoms with Gasteiger partial charge in [-0.15, -0.1) is 11.3 Å². The van der Waals surface area contributed by atoms with Crippen LogP contribution in [0.2, 0.25) is 0 Å². The van der Waals surface area contributed by atoms with Gasteiger partial charge in [0.05, 0.1) is 10.9 Å². The maximum Gasteiger partial charge on any atom is 0.169 e. The van der Waals surface area contributed by atoms with Crippen LogP contribution in [-0.4, -0.2) is 9.97 Å². The fraction of sp³-hybridized carbons (Fsp3) is 0.143. The lowest BCUT2D eigenvalue weighted by Crippen LogP contribution is -2.10. The molecular weight excluding hydrogens is 294 g/mol. The second-order valence-corrected chi connectivity index (χ2v) is 5.54. The van der Waals surface area contributed by atoms with E-state index >= 15 is 0 Å². The third-order valence-electron chi connectivity index (χ3n) is 3.12. The maximum absolute atomic E-state index is 13.9. The number of hydrogen-bond acceptors (Lipinski definition) is 5. The van der Waals surface area contributed by atoms with Crippen molar-refractivity contribution in [2.24, 2.45) is 5.84 Å². The molecule has 0 amide bonds. The van der Waals surface area contributed by atoms with E-state index in [4.69, 9.17) is 5.84 Å². The van der Waals surface area contributed by atoms with Crippen molar-refractivity contribution in [2.75, 3.05) is 5.43 Å². The summed E-state index contributed by atoms with van der Waals surface area (Å²) in [5.41, 5.74) is 2.22. The average Bonchev–Trinajstić information content (AvgIpc) is 2.89. The lowest BCUT2D eigenvalue weighted by molar-refractivity contribution is 0.587. The summed E-state index contributed by atoms with van der Waals surface area (Å²) in [4.78, 5) is 10.2. The smallest absolute Gasteiger partial charge is 0.169 e. The first-order chi connectivity index (χ1) is 10.1. The molecule has 0 unspecified atom stereocenters. The summed E-state index contributed by atoms with van der Waals surface area (Å²) < 4.78 is 27.8. The molecule has 3 N–H and O–H groups in total. The van der Waals surface area contributed by atoms with Gasteiger partial charge < -0.3 is 5.43 Å². The molecule has 0 aliphatic rings. The predicted octanol–water partition coefficient (Wildman–Crippen LogP) is 3.48. The summed E-state index contributed by atoms with van der Waals surface area (Å²) in [6.07, 6.45) is 0.842. The number of aryl methyl sites for hydroxylation is 1. The van der Waals surface area contributed by atoms with Crippen LogP contribution in [0.4, 0.5) is 14.6 Å². The molecule has 0 saturated heterocycles. The number of hydrazine groups is 1. The zero-order chi connectivity index (χ0) is 15.0. The van der Waals surface area contributed by atoms with Gasteiger partial charge in [0.15, 0.2) is 11.6 Å². The van der Waals surface area contributed by atoms with E-state index in [1.165, 1.54) is 29.5 Å². The van der Waals surface area contributed by atoms with Gasteiger partial charge in [-0.05, 0) is 24.6 Å². The highest BCUT2D eigenvalue weighted by molar-refractivity contribution is 7.18. The molecule has 0 bridgehead atoms. The molecule has 4 nitrogen and oxygen atoms in total. The summed E-state index contributed by atoms with van der Waals surface area (Å²) in [6, 6.07) is 5.58. The van der Waals surface area contributed by atoms with Crippen molar-refractivity contribution in [1.29, 1.82) is 0 Å². The molecule has 0 saturated carbocycles. The van der Waals surface area contributed by atoms with E-state index in [1.807, 2.05) is 13.0 Å². The van der Waals surface area contributed by atoms with Gasteiger partial charge in [0.2, 0.25) is 0 Å². The third-order valence-corrected chi connectivity index (χ3v) is 4.29. The standard InChI is InChI=1S/C14H12F2N4S/c1-2-7-6-8-12(20-17)18-13(19-14(8)21-7)11-9(15)4-3-5-10(11)16/h3-6H,2,17H2,1H3,(H,18,19,20). The number of halogens is 2. The van der Waals surface area contributed by atoms with Crippen molar-refractivity contribution in [3.05, 3.63) is 40.8 Å². The number of hydrogen-bond donors (Lipinski definition) is 2. The van der Waals surface area contributed by atoms with Crippen LogP contribution >= 0.6 is 11.3 Å². The van der Waals surface area contributed by atoms with Crippen LogP contribution < -0.4 is 11.3 Å². The van der Waals surface area contributed by atoms with Gasteiger partial charge in [-0.1, -0.05) is 13.0 Å². The molecule has 108 valence electrons. The van der Waals surface area contributed by atoms with E-state index < -0.39 is 11.6 Å². The molecule has 2 aromatic heterocycles. The number of thiophene rings is 1. The number of anilines is 1. The summed E-state index contributed by atoms with van der Waals surface area (Å²) >= 11 is 1.46. The number of benzene rings is 1. The van der Waals surface area contributed by atoms with Crippen LogP contribution in [0, 0.1) is 11.6 Å². The van der Waals surface area contributed by atoms with Crippen LogP contribution in [0.5, 0.6) is 0 Å². The van der Waals surface area contributed by atoms with E-state index in [1.54, 1.807) is 0 Å². The lowest BCUT2D eigenvalue weighted by Gasteiger charge is -2.06. The second kappa shape index (κ2) is 5.34. The van der Waals surface area contributed by atoms with E-state index in [9.17, 15) is 8.78 Å². The second-order valence-electron chi connectivity index (χ2n) is 4.42. The van der Waals surface area contributed by atoms with Crippen LogP contribution in [0.15, 0.2) is 24.3 Å². The van der Waals surface area contributed by atoms with Crippen LogP contribution in [0.1, 0.15) is 11.8 Å². The predicted molar refractivity (Wildman–Crippen MR) is 80.0 cm³/mol. The minimum atomic E-state index is -0.704. The molecule has 2 heterocycles. The van der Waals surface area contributed by atoms with Crippen molar-refractivity contribution >= 4 is 27.4 Å². The zero-order valence-corrected chi connectivity index (χ0v) is 12.0. The number of fused-ring (bicyclic) bond motifs is 1. The molecule has 0 aliphatic heterocycles. The average molecular weight is 306 g/mol. The molecule has 1 aromatic carbocycles. The molecular formula is C14H12F2N4S. The number of aromatic nitrogens is 2. The minimum Gasteiger partial charge on any atom is -0.308 e. The first-order valence-corrected chi connectivity index (χ1v) is 7.17. The van der Waals surface area contributed by atoms with Crippen molar-refractivity contribution in [3.63, 3.8) is 0 Å². The molecule has 0 atom stereocenters. The van der Waals surface area contributed by atoms with Gasteiger partial charge >= 0.3 is 0 Å². The Morgan fingerprint density at radius 3 is 2.57 bits per heavy atom. The monoisotopic (exact) mass is 306 g/mol. The Morgan fingerprint density at radius 2 is 1.95 bits per heavy atom. The van der Waals surface area contributed by atoms with Crippen molar-refractivity contribution in [2.45, 2.75) is 13.3 Å². The highest BCUT2D eigenvalue weighted by atomic mass is 32.1. The first kappa shape index (κ1) is 13.8. The number of rotatable bonds is 3. The highest BCUT2D eigenvalue weighted by Gasteiger charge is 2.17. The fourth-order valence-electron chi connectivity index (χ4n) is 2.08. The van der Waals surface area contributed by atoms with Gasteiger partial charge in [0.25, 0.3) is 0 Å². The summed E-state index contributed by atoms with van der Waals surface area (Å²) in [5.74, 6) is 4.40. The highest BCUT2D eigenvalue weighted by Crippen LogP contribution is 2.32. The first-order valence-electron chi connectivity index (χ1n) is 6.35. The van der Waals surface area contributed by atoms with Crippen LogP contribution in [-0.2, 0) is 6.42 Å². The molecule has 0 fully saturated rings. The molecule has 3 rings (SSSR count). The Bertz CT molecular complexity index is 796. The Balaban J connectivity index is 2.28. The Morgan fingerprint density at radius 1 is 1.24 bits per heavy atom. The van der Waals surface area contributed by atoms with Gasteiger partial charge in [-0.2, -0.15) is 0 Å². The van der Waals surface area contributed by atoms with E-state index in [0.29, 0.717) is 10.6 Å². The normalized spacial score (nSPS) is 11.0. The van der Waals surface area contributed by atoms with Crippen molar-refractivity contribution in [3.8, 4) is 11.4 Å². The van der Waals surface area contributed by atoms with Gasteiger partial charge in [0, 0.05) is 4.88 Å².